The Morgan fingerprint density at radius 1 is 0.407 bits per heavy atom. The number of aryl methyl sites for hydroxylation is 2. The Bertz CT molecular complexity index is 1230. The molecule has 0 bridgehead atoms. The van der Waals surface area contributed by atoms with Crippen molar-refractivity contribution in [2.75, 3.05) is 0 Å². The average molecular weight is 813 g/mol. The Morgan fingerprint density at radius 2 is 0.667 bits per heavy atom. The number of benzene rings is 2. The summed E-state index contributed by atoms with van der Waals surface area (Å²) in [5.74, 6) is -0.614. The largest absolute Gasteiger partial charge is 0.456 e. The number of hydrogen-bond acceptors (Lipinski definition) is 4. The number of carbonyl (C=O) groups excluding carboxylic acids is 2. The van der Waals surface area contributed by atoms with Gasteiger partial charge in [-0.3, -0.25) is 20.4 Å². The van der Waals surface area contributed by atoms with Crippen molar-refractivity contribution < 1.29 is 17.8 Å². The first-order valence-electron chi connectivity index (χ1n) is 21.5. The van der Waals surface area contributed by atoms with Crippen LogP contribution in [0.1, 0.15) is 135 Å². The highest BCUT2D eigenvalue weighted by Crippen LogP contribution is 2.23. The molecule has 0 unspecified atom stereocenters. The van der Waals surface area contributed by atoms with Gasteiger partial charge in [-0.15, -0.1) is 0 Å². The molecule has 2 aromatic carbocycles. The summed E-state index contributed by atoms with van der Waals surface area (Å²) in [5.41, 5.74) is 8.73. The number of hydrogen-bond donors (Lipinski definition) is 2. The summed E-state index contributed by atoms with van der Waals surface area (Å²) in [6.45, 7) is 23.4. The van der Waals surface area contributed by atoms with Gasteiger partial charge >= 0.3 is 0 Å². The van der Waals surface area contributed by atoms with Gasteiger partial charge in [0, 0.05) is 11.1 Å². The van der Waals surface area contributed by atoms with Gasteiger partial charge in [0.15, 0.2) is 33.3 Å². The highest BCUT2D eigenvalue weighted by Gasteiger charge is 2.29. The first-order valence-corrected chi connectivity index (χ1v) is 34.6. The fourth-order valence-corrected chi connectivity index (χ4v) is 23.8. The highest BCUT2D eigenvalue weighted by atomic mass is 28.4. The quantitative estimate of drug-likeness (QED) is 0.0510. The van der Waals surface area contributed by atoms with Gasteiger partial charge in [0.2, 0.25) is 0 Å². The van der Waals surface area contributed by atoms with E-state index >= 15 is 0 Å². The summed E-state index contributed by atoms with van der Waals surface area (Å²) in [6.07, 6.45) is 22.7. The van der Waals surface area contributed by atoms with Gasteiger partial charge in [-0.25, -0.2) is 0 Å². The smallest absolute Gasteiger partial charge is 0.269 e. The van der Waals surface area contributed by atoms with E-state index in [-0.39, 0.29) is 11.8 Å². The first-order chi connectivity index (χ1) is 25.3. The fourth-order valence-electron chi connectivity index (χ4n) is 7.54. The van der Waals surface area contributed by atoms with Crippen LogP contribution in [0.5, 0.6) is 0 Å². The number of amides is 2. The molecule has 54 heavy (non-hydrogen) atoms. The minimum atomic E-state index is -1.48. The Morgan fingerprint density at radius 3 is 0.944 bits per heavy atom. The van der Waals surface area contributed by atoms with Gasteiger partial charge < -0.3 is 8.23 Å². The van der Waals surface area contributed by atoms with Crippen LogP contribution in [0.2, 0.25) is 77.6 Å². The molecule has 2 rings (SSSR count). The third kappa shape index (κ3) is 23.9. The molecule has 2 aromatic rings. The molecule has 2 N–H and O–H groups in total. The van der Waals surface area contributed by atoms with E-state index in [1.807, 2.05) is 48.5 Å². The van der Waals surface area contributed by atoms with E-state index in [4.69, 9.17) is 8.23 Å². The molecule has 0 saturated heterocycles. The zero-order chi connectivity index (χ0) is 40.1. The number of carbonyl (C=O) groups is 2. The fraction of sp³-hybridized carbons (Fsp3) is 0.682. The molecule has 10 heteroatoms. The summed E-state index contributed by atoms with van der Waals surface area (Å²) in [6, 6.07) is 18.1. The van der Waals surface area contributed by atoms with Crippen LogP contribution in [-0.4, -0.2) is 45.1 Å². The van der Waals surface area contributed by atoms with Gasteiger partial charge in [-0.1, -0.05) is 114 Å². The highest BCUT2D eigenvalue weighted by molar-refractivity contribution is 6.84. The van der Waals surface area contributed by atoms with Crippen molar-refractivity contribution in [2.45, 2.75) is 193 Å². The van der Waals surface area contributed by atoms with Crippen LogP contribution >= 0.6 is 0 Å². The number of hydrazine groups is 1. The Kier molecular flexibility index (Phi) is 22.1. The Balaban J connectivity index is 1.51. The summed E-state index contributed by atoms with van der Waals surface area (Å²) < 4.78 is 12.9. The molecule has 0 atom stereocenters. The van der Waals surface area contributed by atoms with E-state index in [0.29, 0.717) is 11.1 Å². The van der Waals surface area contributed by atoms with E-state index in [1.165, 1.54) is 126 Å². The van der Waals surface area contributed by atoms with Crippen molar-refractivity contribution in [1.29, 1.82) is 0 Å². The second-order valence-corrected chi connectivity index (χ2v) is 37.0. The molecule has 0 aromatic heterocycles. The lowest BCUT2D eigenvalue weighted by molar-refractivity contribution is 0.0846. The van der Waals surface area contributed by atoms with Crippen molar-refractivity contribution in [2.24, 2.45) is 0 Å². The summed E-state index contributed by atoms with van der Waals surface area (Å²) in [4.78, 5) is 25.4. The number of nitrogens with one attached hydrogen (secondary N) is 2. The van der Waals surface area contributed by atoms with Gasteiger partial charge in [0.05, 0.1) is 0 Å². The van der Waals surface area contributed by atoms with Crippen molar-refractivity contribution in [3.05, 3.63) is 70.8 Å². The molecule has 0 fully saturated rings. The lowest BCUT2D eigenvalue weighted by Gasteiger charge is -2.31. The third-order valence-corrected chi connectivity index (χ3v) is 22.3. The molecule has 0 aliphatic rings. The molecular weight excluding hydrogens is 733 g/mol. The van der Waals surface area contributed by atoms with E-state index in [1.54, 1.807) is 0 Å². The third-order valence-electron chi connectivity index (χ3n) is 9.88. The molecule has 2 amide bonds. The molecule has 0 spiro atoms. The lowest BCUT2D eigenvalue weighted by atomic mass is 10.0. The van der Waals surface area contributed by atoms with Crippen LogP contribution in [0, 0.1) is 0 Å². The van der Waals surface area contributed by atoms with E-state index < -0.39 is 33.3 Å². The molecular formula is C44H80N2O4Si4. The Hall–Kier alpha value is -1.83. The van der Waals surface area contributed by atoms with Crippen molar-refractivity contribution in [1.82, 2.24) is 10.9 Å². The molecule has 306 valence electrons. The van der Waals surface area contributed by atoms with Gasteiger partial charge in [0.1, 0.15) is 0 Å². The minimum absolute atomic E-state index is 0.307. The minimum Gasteiger partial charge on any atom is -0.456 e. The maximum Gasteiger partial charge on any atom is 0.269 e. The van der Waals surface area contributed by atoms with Crippen molar-refractivity contribution >= 4 is 45.1 Å². The Labute approximate surface area is 336 Å². The molecule has 0 radical (unpaired) electrons. The SMILES string of the molecule is C[Si](C)(C)O[Si](C)(C)CCCCCCCCCCc1ccc(C(=O)NNC(=O)c2ccc(CCCCCCCCCC[Si](C)(C)O[Si](C)(C)C)cc2)cc1. The van der Waals surface area contributed by atoms with Crippen molar-refractivity contribution in [3.8, 4) is 0 Å². The lowest BCUT2D eigenvalue weighted by Crippen LogP contribution is -2.42. The zero-order valence-electron chi connectivity index (χ0n) is 36.4. The zero-order valence-corrected chi connectivity index (χ0v) is 40.4. The number of rotatable bonds is 28. The maximum absolute atomic E-state index is 12.7. The first kappa shape index (κ1) is 48.3. The summed E-state index contributed by atoms with van der Waals surface area (Å²) >= 11 is 0. The monoisotopic (exact) mass is 813 g/mol. The van der Waals surface area contributed by atoms with E-state index in [0.717, 1.165) is 12.8 Å². The molecule has 0 saturated carbocycles. The van der Waals surface area contributed by atoms with Crippen LogP contribution in [0.25, 0.3) is 0 Å². The second-order valence-electron chi connectivity index (χ2n) is 18.9. The van der Waals surface area contributed by atoms with Gasteiger partial charge in [0.25, 0.3) is 11.8 Å². The van der Waals surface area contributed by atoms with Crippen LogP contribution in [0.3, 0.4) is 0 Å². The molecule has 6 nitrogen and oxygen atoms in total. The molecule has 0 aliphatic carbocycles. The topological polar surface area (TPSA) is 76.7 Å². The van der Waals surface area contributed by atoms with Crippen LogP contribution < -0.4 is 10.9 Å². The normalized spacial score (nSPS) is 12.6. The second kappa shape index (κ2) is 24.7. The maximum atomic E-state index is 12.7. The predicted octanol–water partition coefficient (Wildman–Crippen LogP) is 13.2. The van der Waals surface area contributed by atoms with Gasteiger partial charge in [-0.2, -0.15) is 0 Å². The van der Waals surface area contributed by atoms with Crippen LogP contribution in [0.4, 0.5) is 0 Å². The van der Waals surface area contributed by atoms with E-state index in [2.05, 4.69) is 76.3 Å². The summed E-state index contributed by atoms with van der Waals surface area (Å²) in [7, 11) is -5.81. The van der Waals surface area contributed by atoms with Gasteiger partial charge in [-0.05, 0) is 139 Å². The summed E-state index contributed by atoms with van der Waals surface area (Å²) in [5, 5.41) is 0. The number of unbranched alkanes of at least 4 members (excludes halogenated alkanes) is 14. The standard InChI is InChI=1S/C44H80N2O4Si4/c1-51(2,3)49-53(7,8)37-25-21-17-13-11-15-19-23-27-39-29-33-41(34-30-39)43(47)45-46-44(48)42-35-31-40(32-36-42)28-24-20-16-12-14-18-22-26-38-54(9,10)50-52(4,5)6/h29-36H,11-28,37-38H2,1-10H3,(H,45,47)(H,46,48). The predicted molar refractivity (Wildman–Crippen MR) is 243 cm³/mol. The average Bonchev–Trinajstić information content (AvgIpc) is 3.07. The van der Waals surface area contributed by atoms with E-state index in [9.17, 15) is 9.59 Å². The molecule has 0 aliphatic heterocycles. The van der Waals surface area contributed by atoms with Crippen molar-refractivity contribution in [3.63, 3.8) is 0 Å². The molecule has 0 heterocycles. The van der Waals surface area contributed by atoms with Crippen LogP contribution in [0.15, 0.2) is 48.5 Å². The van der Waals surface area contributed by atoms with Crippen LogP contribution in [-0.2, 0) is 21.1 Å².